The van der Waals surface area contributed by atoms with E-state index in [-0.39, 0.29) is 30.5 Å². The van der Waals surface area contributed by atoms with E-state index in [1.54, 1.807) is 20.8 Å². The normalized spacial score (nSPS) is 25.4. The number of phosphoric acid groups is 1. The zero-order valence-electron chi connectivity index (χ0n) is 19.6. The number of fused-ring (bicyclic) bond motifs is 1. The Kier molecular flexibility index (Phi) is 7.80. The number of hydrogen-bond acceptors (Lipinski definition) is 12. The van der Waals surface area contributed by atoms with E-state index < -0.39 is 43.9 Å². The molecule has 1 saturated heterocycles. The second-order valence-electron chi connectivity index (χ2n) is 8.31. The Morgan fingerprint density at radius 2 is 2.12 bits per heavy atom. The van der Waals surface area contributed by atoms with Crippen LogP contribution in [0.25, 0.3) is 11.2 Å². The van der Waals surface area contributed by atoms with E-state index in [0.717, 1.165) is 0 Å². The molecule has 0 aromatic carbocycles. The number of aromatic nitrogens is 4. The van der Waals surface area contributed by atoms with Gasteiger partial charge in [0.25, 0.3) is 0 Å². The number of nitrogens with two attached hydrogens (primary N) is 1. The molecule has 1 aliphatic heterocycles. The van der Waals surface area contributed by atoms with E-state index in [2.05, 4.69) is 15.0 Å². The van der Waals surface area contributed by atoms with Gasteiger partial charge in [-0.05, 0) is 34.6 Å². The van der Waals surface area contributed by atoms with Gasteiger partial charge >= 0.3 is 13.8 Å². The number of hydrogen-bond donors (Lipinski definition) is 3. The molecule has 3 heterocycles. The summed E-state index contributed by atoms with van der Waals surface area (Å²) in [6.07, 6.45) is -2.01. The maximum Gasteiger partial charge on any atom is 0.473 e. The van der Waals surface area contributed by atoms with E-state index in [1.807, 2.05) is 0 Å². The first-order valence-corrected chi connectivity index (χ1v) is 12.2. The zero-order chi connectivity index (χ0) is 25.3. The van der Waals surface area contributed by atoms with Crippen molar-refractivity contribution >= 4 is 30.9 Å². The highest BCUT2D eigenvalue weighted by atomic mass is 31.2. The largest absolute Gasteiger partial charge is 0.476 e. The Labute approximate surface area is 196 Å². The molecule has 14 nitrogen and oxygen atoms in total. The number of carbonyl (C=O) groups is 1. The summed E-state index contributed by atoms with van der Waals surface area (Å²) in [6, 6.07) is 0. The van der Waals surface area contributed by atoms with Gasteiger partial charge in [0.2, 0.25) is 11.8 Å². The first kappa shape index (κ1) is 26.3. The van der Waals surface area contributed by atoms with Crippen LogP contribution < -0.4 is 10.5 Å². The number of rotatable bonds is 10. The van der Waals surface area contributed by atoms with Crippen molar-refractivity contribution in [2.45, 2.75) is 71.2 Å². The lowest BCUT2D eigenvalue weighted by Crippen LogP contribution is -2.32. The Morgan fingerprint density at radius 3 is 2.76 bits per heavy atom. The average molecular weight is 503 g/mol. The van der Waals surface area contributed by atoms with Gasteiger partial charge in [0, 0.05) is 6.42 Å². The molecule has 5 atom stereocenters. The number of aliphatic hydroxyl groups is 1. The maximum atomic E-state index is 12.3. The van der Waals surface area contributed by atoms with Crippen molar-refractivity contribution in [1.29, 1.82) is 0 Å². The fraction of sp³-hybridized carbons (Fsp3) is 0.684. The number of phosphoric ester groups is 1. The molecule has 0 amide bonds. The van der Waals surface area contributed by atoms with Crippen molar-refractivity contribution in [3.8, 4) is 5.88 Å². The molecule has 1 fully saturated rings. The van der Waals surface area contributed by atoms with Gasteiger partial charge in [-0.15, -0.1) is 0 Å². The van der Waals surface area contributed by atoms with E-state index in [0.29, 0.717) is 12.1 Å². The van der Waals surface area contributed by atoms with Gasteiger partial charge < -0.3 is 29.9 Å². The topological polar surface area (TPSA) is 190 Å². The first-order valence-electron chi connectivity index (χ1n) is 10.7. The molecule has 1 aliphatic rings. The molecule has 4 N–H and O–H groups in total. The summed E-state index contributed by atoms with van der Waals surface area (Å²) in [5.74, 6) is -0.642. The van der Waals surface area contributed by atoms with E-state index in [4.69, 9.17) is 29.0 Å². The minimum atomic E-state index is -4.62. The van der Waals surface area contributed by atoms with Gasteiger partial charge in [-0.3, -0.25) is 13.6 Å². The standard InChI is InChI=1S/C19H30N5O9P/c1-6-29-15-13-14(22-18(20)23-15)24(9-21-13)17-19(5,26)7-12(32-17)8-30-34(27,28)33-11(4)16(25)31-10(2)3/h9-12,17,26H,6-8H2,1-5H3,(H,27,28)(H2,20,22,23)/t11?,12-,17+,19+/m0/s1. The van der Waals surface area contributed by atoms with Crippen LogP contribution in [-0.4, -0.2) is 72.6 Å². The lowest BCUT2D eigenvalue weighted by atomic mass is 10.0. The SMILES string of the molecule is CCOc1nc(N)nc2c1ncn2[C@@H]1O[C@H](COP(=O)(O)OC(C)C(=O)OC(C)C)C[C@@]1(C)O. The molecule has 34 heavy (non-hydrogen) atoms. The quantitative estimate of drug-likeness (QED) is 0.311. The van der Waals surface area contributed by atoms with Crippen LogP contribution >= 0.6 is 7.82 Å². The van der Waals surface area contributed by atoms with Crippen LogP contribution in [0.4, 0.5) is 5.95 Å². The molecule has 0 saturated carbocycles. The van der Waals surface area contributed by atoms with Crippen LogP contribution in [0, 0.1) is 0 Å². The van der Waals surface area contributed by atoms with Crippen molar-refractivity contribution in [3.63, 3.8) is 0 Å². The number of carbonyl (C=O) groups excluding carboxylic acids is 1. The van der Waals surface area contributed by atoms with Crippen molar-refractivity contribution in [2.24, 2.45) is 0 Å². The molecule has 190 valence electrons. The highest BCUT2D eigenvalue weighted by Gasteiger charge is 2.46. The van der Waals surface area contributed by atoms with Crippen molar-refractivity contribution in [3.05, 3.63) is 6.33 Å². The van der Waals surface area contributed by atoms with Crippen molar-refractivity contribution in [2.75, 3.05) is 18.9 Å². The number of anilines is 1. The van der Waals surface area contributed by atoms with Crippen LogP contribution in [0.2, 0.25) is 0 Å². The molecule has 2 aromatic heterocycles. The fourth-order valence-corrected chi connectivity index (χ4v) is 4.40. The predicted octanol–water partition coefficient (Wildman–Crippen LogP) is 1.32. The summed E-state index contributed by atoms with van der Waals surface area (Å²) in [5.41, 5.74) is 5.00. The fourth-order valence-electron chi connectivity index (χ4n) is 3.50. The van der Waals surface area contributed by atoms with Gasteiger partial charge in [0.1, 0.15) is 5.60 Å². The van der Waals surface area contributed by atoms with Crippen LogP contribution in [0.3, 0.4) is 0 Å². The Bertz CT molecular complexity index is 1080. The van der Waals surface area contributed by atoms with Crippen LogP contribution in [0.15, 0.2) is 6.33 Å². The Hall–Kier alpha value is -2.35. The summed E-state index contributed by atoms with van der Waals surface area (Å²) in [7, 11) is -4.62. The second kappa shape index (κ2) is 10.1. The molecule has 3 rings (SSSR count). The molecule has 0 aliphatic carbocycles. The highest BCUT2D eigenvalue weighted by molar-refractivity contribution is 7.47. The molecular weight excluding hydrogens is 473 g/mol. The average Bonchev–Trinajstić information content (AvgIpc) is 3.25. The summed E-state index contributed by atoms with van der Waals surface area (Å²) >= 11 is 0. The second-order valence-corrected chi connectivity index (χ2v) is 9.72. The zero-order valence-corrected chi connectivity index (χ0v) is 20.5. The summed E-state index contributed by atoms with van der Waals surface area (Å²) < 4.78 is 39.9. The minimum absolute atomic E-state index is 0.0429. The monoisotopic (exact) mass is 503 g/mol. The van der Waals surface area contributed by atoms with Crippen molar-refractivity contribution in [1.82, 2.24) is 19.5 Å². The van der Waals surface area contributed by atoms with E-state index in [1.165, 1.54) is 24.7 Å². The van der Waals surface area contributed by atoms with E-state index in [9.17, 15) is 19.4 Å². The van der Waals surface area contributed by atoms with Gasteiger partial charge in [0.05, 0.1) is 31.7 Å². The first-order chi connectivity index (χ1) is 15.8. The summed E-state index contributed by atoms with van der Waals surface area (Å²) in [4.78, 5) is 34.3. The number of esters is 1. The third kappa shape index (κ3) is 6.01. The van der Waals surface area contributed by atoms with Crippen LogP contribution in [-0.2, 0) is 27.9 Å². The Balaban J connectivity index is 1.70. The summed E-state index contributed by atoms with van der Waals surface area (Å²) in [5, 5.41) is 11.0. The van der Waals surface area contributed by atoms with Crippen LogP contribution in [0.5, 0.6) is 5.88 Å². The van der Waals surface area contributed by atoms with Crippen LogP contribution in [0.1, 0.15) is 47.3 Å². The molecule has 0 radical (unpaired) electrons. The molecule has 15 heteroatoms. The molecule has 0 spiro atoms. The number of nitrogens with zero attached hydrogens (tertiary/aromatic N) is 4. The summed E-state index contributed by atoms with van der Waals surface area (Å²) in [6.45, 7) is 7.83. The maximum absolute atomic E-state index is 12.3. The van der Waals surface area contributed by atoms with Gasteiger partial charge in [-0.1, -0.05) is 0 Å². The Morgan fingerprint density at radius 1 is 1.41 bits per heavy atom. The van der Waals surface area contributed by atoms with Crippen molar-refractivity contribution < 1.29 is 42.6 Å². The lowest BCUT2D eigenvalue weighted by Gasteiger charge is -2.24. The predicted molar refractivity (Wildman–Crippen MR) is 118 cm³/mol. The smallest absolute Gasteiger partial charge is 0.473 e. The van der Waals surface area contributed by atoms with E-state index >= 15 is 0 Å². The number of ether oxygens (including phenoxy) is 3. The lowest BCUT2D eigenvalue weighted by molar-refractivity contribution is -0.156. The molecule has 0 bridgehead atoms. The number of imidazole rings is 1. The van der Waals surface area contributed by atoms with Gasteiger partial charge in [-0.2, -0.15) is 9.97 Å². The minimum Gasteiger partial charge on any atom is -0.476 e. The molecule has 2 aromatic rings. The highest BCUT2D eigenvalue weighted by Crippen LogP contribution is 2.47. The third-order valence-electron chi connectivity index (χ3n) is 4.83. The number of nitrogen functional groups attached to an aromatic ring is 1. The third-order valence-corrected chi connectivity index (χ3v) is 5.89. The molecule has 2 unspecified atom stereocenters. The van der Waals surface area contributed by atoms with Gasteiger partial charge in [0.15, 0.2) is 23.5 Å². The molecular formula is C19H30N5O9P. The van der Waals surface area contributed by atoms with Gasteiger partial charge in [-0.25, -0.2) is 14.3 Å².